The maximum Gasteiger partial charge on any atom is 0.247 e. The summed E-state index contributed by atoms with van der Waals surface area (Å²) in [5, 5.41) is 22.6. The molecule has 3 aromatic rings. The van der Waals surface area contributed by atoms with Crippen LogP contribution in [-0.4, -0.2) is 33.2 Å². The number of thioether (sulfide) groups is 1. The summed E-state index contributed by atoms with van der Waals surface area (Å²) in [6.07, 6.45) is 1.25. The zero-order valence-electron chi connectivity index (χ0n) is 15.1. The van der Waals surface area contributed by atoms with Gasteiger partial charge in [0.1, 0.15) is 0 Å². The van der Waals surface area contributed by atoms with Crippen molar-refractivity contribution in [2.24, 2.45) is 0 Å². The number of hydrogen-bond donors (Lipinski definition) is 2. The molecular weight excluding hydrogens is 400 g/mol. The summed E-state index contributed by atoms with van der Waals surface area (Å²) in [5.74, 6) is 0.554. The second kappa shape index (κ2) is 7.73. The predicted molar refractivity (Wildman–Crippen MR) is 108 cm³/mol. The Morgan fingerprint density at radius 2 is 2.11 bits per heavy atom. The molecule has 0 saturated carbocycles. The first-order chi connectivity index (χ1) is 13.6. The Bertz CT molecular complexity index is 1030. The van der Waals surface area contributed by atoms with Crippen molar-refractivity contribution < 1.29 is 14.6 Å². The van der Waals surface area contributed by atoms with Gasteiger partial charge in [0, 0.05) is 16.8 Å². The van der Waals surface area contributed by atoms with Gasteiger partial charge in [0.05, 0.1) is 11.6 Å². The monoisotopic (exact) mass is 416 g/mol. The van der Waals surface area contributed by atoms with E-state index in [9.17, 15) is 5.11 Å². The highest BCUT2D eigenvalue weighted by Crippen LogP contribution is 2.42. The minimum atomic E-state index is -0.619. The van der Waals surface area contributed by atoms with Crippen molar-refractivity contribution in [1.29, 1.82) is 0 Å². The van der Waals surface area contributed by atoms with Crippen molar-refractivity contribution in [2.75, 3.05) is 18.2 Å². The Balaban J connectivity index is 1.84. The van der Waals surface area contributed by atoms with Crippen LogP contribution in [0.4, 0.5) is 5.69 Å². The predicted octanol–water partition coefficient (Wildman–Crippen LogP) is 4.52. The van der Waals surface area contributed by atoms with Gasteiger partial charge >= 0.3 is 0 Å². The molecule has 0 aliphatic carbocycles. The van der Waals surface area contributed by atoms with Crippen LogP contribution in [0, 0.1) is 0 Å². The highest BCUT2D eigenvalue weighted by molar-refractivity contribution is 7.98. The number of anilines is 1. The van der Waals surface area contributed by atoms with Gasteiger partial charge in [-0.2, -0.15) is 4.98 Å². The fourth-order valence-electron chi connectivity index (χ4n) is 2.90. The van der Waals surface area contributed by atoms with E-state index in [1.165, 1.54) is 11.8 Å². The zero-order valence-corrected chi connectivity index (χ0v) is 16.7. The highest BCUT2D eigenvalue weighted by atomic mass is 35.5. The standard InChI is InChI=1S/C19H17ClN4O3S/c1-3-26-14-9-10(8-12(20)16(14)25)17-21-13-7-5-4-6-11(13)15-18(27-17)22-19(28-2)24-23-15/h4-9,17,21,25H,3H2,1-2H3/t17-/m1/s1. The van der Waals surface area contributed by atoms with Crippen molar-refractivity contribution in [1.82, 2.24) is 15.2 Å². The molecule has 2 heterocycles. The van der Waals surface area contributed by atoms with Crippen LogP contribution in [0.25, 0.3) is 11.3 Å². The Hall–Kier alpha value is -2.71. The lowest BCUT2D eigenvalue weighted by Crippen LogP contribution is -2.17. The van der Waals surface area contributed by atoms with Gasteiger partial charge in [0.25, 0.3) is 0 Å². The highest BCUT2D eigenvalue weighted by Gasteiger charge is 2.27. The molecule has 2 aromatic carbocycles. The summed E-state index contributed by atoms with van der Waals surface area (Å²) >= 11 is 7.59. The number of halogens is 1. The summed E-state index contributed by atoms with van der Waals surface area (Å²) < 4.78 is 11.7. The summed E-state index contributed by atoms with van der Waals surface area (Å²) in [7, 11) is 0. The number of aromatic nitrogens is 3. The fraction of sp³-hybridized carbons (Fsp3) is 0.211. The van der Waals surface area contributed by atoms with Gasteiger partial charge < -0.3 is 19.9 Å². The number of nitrogens with zero attached hydrogens (tertiary/aromatic N) is 3. The molecule has 1 atom stereocenters. The average Bonchev–Trinajstić information content (AvgIpc) is 2.87. The molecule has 4 rings (SSSR count). The smallest absolute Gasteiger partial charge is 0.247 e. The van der Waals surface area contributed by atoms with Crippen LogP contribution in [0.1, 0.15) is 18.7 Å². The van der Waals surface area contributed by atoms with Gasteiger partial charge in [-0.25, -0.2) is 0 Å². The normalized spacial score (nSPS) is 14.9. The summed E-state index contributed by atoms with van der Waals surface area (Å²) in [6.45, 7) is 2.23. The van der Waals surface area contributed by atoms with Gasteiger partial charge in [-0.1, -0.05) is 41.6 Å². The molecule has 0 saturated heterocycles. The number of phenolic OH excluding ortho intramolecular Hbond substituents is 1. The topological polar surface area (TPSA) is 89.4 Å². The molecule has 0 bridgehead atoms. The third kappa shape index (κ3) is 3.41. The van der Waals surface area contributed by atoms with Crippen LogP contribution in [0.5, 0.6) is 17.4 Å². The molecule has 1 aromatic heterocycles. The van der Waals surface area contributed by atoms with E-state index >= 15 is 0 Å². The molecule has 0 spiro atoms. The number of aromatic hydroxyl groups is 1. The minimum absolute atomic E-state index is 0.102. The van der Waals surface area contributed by atoms with E-state index in [-0.39, 0.29) is 10.8 Å². The van der Waals surface area contributed by atoms with E-state index in [1.54, 1.807) is 12.1 Å². The molecule has 1 aliphatic rings. The SMILES string of the molecule is CCOc1cc([C@@H]2Nc3ccccc3-c3nnc(SC)nc3O2)cc(Cl)c1O. The first-order valence-corrected chi connectivity index (χ1v) is 10.2. The Labute approximate surface area is 171 Å². The lowest BCUT2D eigenvalue weighted by Gasteiger charge is -2.20. The Morgan fingerprint density at radius 3 is 2.89 bits per heavy atom. The molecule has 0 fully saturated rings. The van der Waals surface area contributed by atoms with Gasteiger partial charge in [-0.3, -0.25) is 0 Å². The number of ether oxygens (including phenoxy) is 2. The van der Waals surface area contributed by atoms with Gasteiger partial charge in [-0.15, -0.1) is 10.2 Å². The third-order valence-electron chi connectivity index (χ3n) is 4.17. The summed E-state index contributed by atoms with van der Waals surface area (Å²) in [5.41, 5.74) is 2.89. The van der Waals surface area contributed by atoms with Crippen LogP contribution in [-0.2, 0) is 0 Å². The van der Waals surface area contributed by atoms with E-state index in [1.807, 2.05) is 37.4 Å². The quantitative estimate of drug-likeness (QED) is 0.600. The van der Waals surface area contributed by atoms with Crippen LogP contribution in [0.3, 0.4) is 0 Å². The molecular formula is C19H17ClN4O3S. The molecule has 2 N–H and O–H groups in total. The molecule has 0 unspecified atom stereocenters. The molecule has 144 valence electrons. The average molecular weight is 417 g/mol. The number of fused-ring (bicyclic) bond motifs is 3. The zero-order chi connectivity index (χ0) is 19.7. The number of hydrogen-bond acceptors (Lipinski definition) is 8. The van der Waals surface area contributed by atoms with Crippen molar-refractivity contribution in [3.8, 4) is 28.6 Å². The minimum Gasteiger partial charge on any atom is -0.503 e. The molecule has 0 radical (unpaired) electrons. The van der Waals surface area contributed by atoms with Gasteiger partial charge in [0.15, 0.2) is 23.4 Å². The second-order valence-electron chi connectivity index (χ2n) is 5.92. The van der Waals surface area contributed by atoms with E-state index in [2.05, 4.69) is 20.5 Å². The first kappa shape index (κ1) is 18.6. The number of benzene rings is 2. The summed E-state index contributed by atoms with van der Waals surface area (Å²) in [6, 6.07) is 11.0. The number of para-hydroxylation sites is 1. The molecule has 9 heteroatoms. The maximum absolute atomic E-state index is 10.1. The van der Waals surface area contributed by atoms with Gasteiger partial charge in [-0.05, 0) is 31.4 Å². The number of phenols is 1. The Kier molecular flexibility index (Phi) is 5.15. The van der Waals surface area contributed by atoms with Crippen molar-refractivity contribution in [2.45, 2.75) is 18.3 Å². The lowest BCUT2D eigenvalue weighted by atomic mass is 10.1. The van der Waals surface area contributed by atoms with Crippen molar-refractivity contribution >= 4 is 29.1 Å². The van der Waals surface area contributed by atoms with Crippen LogP contribution < -0.4 is 14.8 Å². The van der Waals surface area contributed by atoms with Gasteiger partial charge in [0.2, 0.25) is 11.0 Å². The third-order valence-corrected chi connectivity index (χ3v) is 5.00. The number of rotatable bonds is 4. The van der Waals surface area contributed by atoms with Crippen LogP contribution >= 0.6 is 23.4 Å². The lowest BCUT2D eigenvalue weighted by molar-refractivity contribution is 0.224. The van der Waals surface area contributed by atoms with Crippen molar-refractivity contribution in [3.63, 3.8) is 0 Å². The van der Waals surface area contributed by atoms with E-state index in [4.69, 9.17) is 21.1 Å². The van der Waals surface area contributed by atoms with Crippen molar-refractivity contribution in [3.05, 3.63) is 47.0 Å². The van der Waals surface area contributed by atoms with Crippen LogP contribution in [0.2, 0.25) is 5.02 Å². The van der Waals surface area contributed by atoms with E-state index < -0.39 is 6.23 Å². The first-order valence-electron chi connectivity index (χ1n) is 8.57. The van der Waals surface area contributed by atoms with Crippen LogP contribution in [0.15, 0.2) is 41.6 Å². The summed E-state index contributed by atoms with van der Waals surface area (Å²) in [4.78, 5) is 4.48. The van der Waals surface area contributed by atoms with E-state index in [0.717, 1.165) is 11.3 Å². The second-order valence-corrected chi connectivity index (χ2v) is 7.10. The number of nitrogens with one attached hydrogen (secondary N) is 1. The molecule has 0 amide bonds. The molecule has 7 nitrogen and oxygen atoms in total. The Morgan fingerprint density at radius 1 is 1.29 bits per heavy atom. The van der Waals surface area contributed by atoms with E-state index in [0.29, 0.717) is 34.7 Å². The molecule has 1 aliphatic heterocycles. The maximum atomic E-state index is 10.1. The largest absolute Gasteiger partial charge is 0.503 e. The molecule has 28 heavy (non-hydrogen) atoms. The fourth-order valence-corrected chi connectivity index (χ4v) is 3.41.